The second-order valence-corrected chi connectivity index (χ2v) is 6.40. The maximum Gasteiger partial charge on any atom is 0.0759 e. The molecule has 0 bridgehead atoms. The van der Waals surface area contributed by atoms with E-state index >= 15 is 0 Å². The standard InChI is InChI=1S/C13H20BrNOS/c1-3-16-13(9-4-5-9)11(15-2)8-12-10(14)6-7-17-12/h6-7,9,11,13,15H,3-5,8H2,1-2H3. The topological polar surface area (TPSA) is 21.3 Å². The number of hydrogen-bond acceptors (Lipinski definition) is 3. The number of rotatable bonds is 7. The van der Waals surface area contributed by atoms with Gasteiger partial charge in [-0.2, -0.15) is 0 Å². The molecule has 1 saturated carbocycles. The molecule has 1 aliphatic rings. The van der Waals surface area contributed by atoms with Crippen molar-refractivity contribution >= 4 is 27.3 Å². The molecule has 0 aromatic carbocycles. The molecule has 1 N–H and O–H groups in total. The highest BCUT2D eigenvalue weighted by molar-refractivity contribution is 9.10. The minimum atomic E-state index is 0.374. The molecular formula is C13H20BrNOS. The van der Waals surface area contributed by atoms with Gasteiger partial charge in [0.2, 0.25) is 0 Å². The van der Waals surface area contributed by atoms with E-state index < -0.39 is 0 Å². The Bertz CT molecular complexity index is 351. The molecule has 0 amide bonds. The van der Waals surface area contributed by atoms with Gasteiger partial charge in [-0.3, -0.25) is 0 Å². The van der Waals surface area contributed by atoms with Gasteiger partial charge in [0.1, 0.15) is 0 Å². The van der Waals surface area contributed by atoms with Crippen molar-refractivity contribution in [2.75, 3.05) is 13.7 Å². The van der Waals surface area contributed by atoms with Crippen LogP contribution in [0.3, 0.4) is 0 Å². The van der Waals surface area contributed by atoms with E-state index in [4.69, 9.17) is 4.74 Å². The number of nitrogens with one attached hydrogen (secondary N) is 1. The first-order valence-electron chi connectivity index (χ1n) is 6.27. The van der Waals surface area contributed by atoms with Gasteiger partial charge in [-0.05, 0) is 60.1 Å². The molecule has 1 heterocycles. The summed E-state index contributed by atoms with van der Waals surface area (Å²) >= 11 is 5.42. The lowest BCUT2D eigenvalue weighted by Crippen LogP contribution is -2.42. The number of likely N-dealkylation sites (N-methyl/N-ethyl adjacent to an activating group) is 1. The van der Waals surface area contributed by atoms with Crippen molar-refractivity contribution in [1.82, 2.24) is 5.32 Å². The Hall–Kier alpha value is 0.1000. The van der Waals surface area contributed by atoms with Gasteiger partial charge in [-0.25, -0.2) is 0 Å². The Morgan fingerprint density at radius 3 is 2.82 bits per heavy atom. The third-order valence-corrected chi connectivity index (χ3v) is 5.26. The van der Waals surface area contributed by atoms with Crippen molar-refractivity contribution in [3.63, 3.8) is 0 Å². The molecule has 96 valence electrons. The van der Waals surface area contributed by atoms with Gasteiger partial charge >= 0.3 is 0 Å². The van der Waals surface area contributed by atoms with Crippen molar-refractivity contribution < 1.29 is 4.74 Å². The molecule has 2 unspecified atom stereocenters. The Morgan fingerprint density at radius 1 is 1.59 bits per heavy atom. The Balaban J connectivity index is 2.01. The van der Waals surface area contributed by atoms with E-state index in [0.717, 1.165) is 18.9 Å². The summed E-state index contributed by atoms with van der Waals surface area (Å²) in [6.07, 6.45) is 4.08. The van der Waals surface area contributed by atoms with Crippen LogP contribution in [-0.4, -0.2) is 25.8 Å². The van der Waals surface area contributed by atoms with E-state index in [-0.39, 0.29) is 0 Å². The van der Waals surface area contributed by atoms with Crippen LogP contribution in [0.5, 0.6) is 0 Å². The molecule has 0 aliphatic heterocycles. The predicted octanol–water partition coefficient (Wildman–Crippen LogP) is 3.46. The molecule has 1 aliphatic carbocycles. The SMILES string of the molecule is CCOC(C1CC1)C(Cc1sccc1Br)NC. The predicted molar refractivity (Wildman–Crippen MR) is 76.7 cm³/mol. The fraction of sp³-hybridized carbons (Fsp3) is 0.692. The van der Waals surface area contributed by atoms with Gasteiger partial charge in [0.15, 0.2) is 0 Å². The summed E-state index contributed by atoms with van der Waals surface area (Å²) in [7, 11) is 2.04. The molecule has 0 saturated heterocycles. The smallest absolute Gasteiger partial charge is 0.0759 e. The highest BCUT2D eigenvalue weighted by atomic mass is 79.9. The lowest BCUT2D eigenvalue weighted by Gasteiger charge is -2.26. The minimum absolute atomic E-state index is 0.374. The van der Waals surface area contributed by atoms with Crippen LogP contribution in [0.4, 0.5) is 0 Å². The van der Waals surface area contributed by atoms with Crippen molar-refractivity contribution in [2.24, 2.45) is 5.92 Å². The monoisotopic (exact) mass is 317 g/mol. The van der Waals surface area contributed by atoms with Crippen LogP contribution in [0.1, 0.15) is 24.6 Å². The molecule has 2 rings (SSSR count). The van der Waals surface area contributed by atoms with E-state index in [1.54, 1.807) is 0 Å². The molecule has 1 aromatic rings. The average Bonchev–Trinajstić information content (AvgIpc) is 3.09. The Morgan fingerprint density at radius 2 is 2.35 bits per heavy atom. The van der Waals surface area contributed by atoms with Gasteiger partial charge in [0.05, 0.1) is 6.10 Å². The number of ether oxygens (including phenoxy) is 1. The van der Waals surface area contributed by atoms with Crippen LogP contribution in [-0.2, 0) is 11.2 Å². The van der Waals surface area contributed by atoms with Crippen LogP contribution in [0.25, 0.3) is 0 Å². The van der Waals surface area contributed by atoms with Crippen LogP contribution in [0.2, 0.25) is 0 Å². The Kier molecular flexibility index (Phi) is 5.03. The van der Waals surface area contributed by atoms with Crippen LogP contribution >= 0.6 is 27.3 Å². The van der Waals surface area contributed by atoms with Gasteiger partial charge < -0.3 is 10.1 Å². The van der Waals surface area contributed by atoms with E-state index in [1.165, 1.54) is 22.2 Å². The van der Waals surface area contributed by atoms with Crippen LogP contribution in [0, 0.1) is 5.92 Å². The minimum Gasteiger partial charge on any atom is -0.377 e. The van der Waals surface area contributed by atoms with E-state index in [1.807, 2.05) is 18.4 Å². The second-order valence-electron chi connectivity index (χ2n) is 4.55. The number of halogens is 1. The van der Waals surface area contributed by atoms with Crippen molar-refractivity contribution in [2.45, 2.75) is 38.3 Å². The molecule has 1 aromatic heterocycles. The van der Waals surface area contributed by atoms with E-state index in [2.05, 4.69) is 39.6 Å². The van der Waals surface area contributed by atoms with Crippen molar-refractivity contribution in [3.8, 4) is 0 Å². The fourth-order valence-corrected chi connectivity index (χ4v) is 3.83. The third-order valence-electron chi connectivity index (χ3n) is 3.31. The zero-order chi connectivity index (χ0) is 12.3. The first-order valence-corrected chi connectivity index (χ1v) is 7.94. The lowest BCUT2D eigenvalue weighted by molar-refractivity contribution is 0.0212. The highest BCUT2D eigenvalue weighted by Gasteiger charge is 2.36. The molecule has 17 heavy (non-hydrogen) atoms. The van der Waals surface area contributed by atoms with Crippen molar-refractivity contribution in [3.05, 3.63) is 20.8 Å². The van der Waals surface area contributed by atoms with Gasteiger partial charge in [0.25, 0.3) is 0 Å². The maximum atomic E-state index is 5.93. The van der Waals surface area contributed by atoms with Crippen LogP contribution < -0.4 is 5.32 Å². The fourth-order valence-electron chi connectivity index (χ4n) is 2.25. The molecule has 2 atom stereocenters. The highest BCUT2D eigenvalue weighted by Crippen LogP contribution is 2.37. The molecule has 0 spiro atoms. The number of thiophene rings is 1. The van der Waals surface area contributed by atoms with E-state index in [9.17, 15) is 0 Å². The third kappa shape index (κ3) is 3.53. The second kappa shape index (κ2) is 6.32. The molecule has 2 nitrogen and oxygen atoms in total. The molecule has 4 heteroatoms. The summed E-state index contributed by atoms with van der Waals surface area (Å²) in [5, 5.41) is 5.57. The van der Waals surface area contributed by atoms with E-state index in [0.29, 0.717) is 12.1 Å². The van der Waals surface area contributed by atoms with Crippen molar-refractivity contribution in [1.29, 1.82) is 0 Å². The summed E-state index contributed by atoms with van der Waals surface area (Å²) in [5.74, 6) is 0.770. The van der Waals surface area contributed by atoms with Gasteiger partial charge in [-0.15, -0.1) is 11.3 Å². The summed E-state index contributed by atoms with van der Waals surface area (Å²) in [4.78, 5) is 1.41. The maximum absolute atomic E-state index is 5.93. The summed E-state index contributed by atoms with van der Waals surface area (Å²) in [5.41, 5.74) is 0. The summed E-state index contributed by atoms with van der Waals surface area (Å²) in [6.45, 7) is 2.90. The largest absolute Gasteiger partial charge is 0.377 e. The van der Waals surface area contributed by atoms with Crippen LogP contribution in [0.15, 0.2) is 15.9 Å². The lowest BCUT2D eigenvalue weighted by atomic mass is 10.0. The van der Waals surface area contributed by atoms with Gasteiger partial charge in [0, 0.05) is 28.4 Å². The summed E-state index contributed by atoms with van der Waals surface area (Å²) in [6, 6.07) is 2.55. The van der Waals surface area contributed by atoms with Gasteiger partial charge in [-0.1, -0.05) is 0 Å². The normalized spacial score (nSPS) is 19.2. The summed E-state index contributed by atoms with van der Waals surface area (Å²) < 4.78 is 7.16. The zero-order valence-electron chi connectivity index (χ0n) is 10.4. The average molecular weight is 318 g/mol. The quantitative estimate of drug-likeness (QED) is 0.831. The molecular weight excluding hydrogens is 298 g/mol. The molecule has 0 radical (unpaired) electrons. The molecule has 1 fully saturated rings. The first kappa shape index (κ1) is 13.5. The first-order chi connectivity index (χ1) is 8.26. The zero-order valence-corrected chi connectivity index (χ0v) is 12.8. The number of hydrogen-bond donors (Lipinski definition) is 1. The Labute approximate surface area is 116 Å².